The van der Waals surface area contributed by atoms with Crippen molar-refractivity contribution in [1.29, 1.82) is 0 Å². The van der Waals surface area contributed by atoms with Crippen LogP contribution in [0.5, 0.6) is 0 Å². The first-order valence-electron chi connectivity index (χ1n) is 7.52. The fourth-order valence-corrected chi connectivity index (χ4v) is 2.91. The second kappa shape index (κ2) is 7.26. The van der Waals surface area contributed by atoms with Gasteiger partial charge in [-0.05, 0) is 53.4 Å². The van der Waals surface area contributed by atoms with E-state index < -0.39 is 5.69 Å². The van der Waals surface area contributed by atoms with Gasteiger partial charge in [-0.3, -0.25) is 4.79 Å². The van der Waals surface area contributed by atoms with Crippen LogP contribution in [0.1, 0.15) is 19.1 Å². The largest absolute Gasteiger partial charge is 0.469 e. The number of rotatable bonds is 7. The molecule has 0 radical (unpaired) electrons. The molecule has 0 fully saturated rings. The fourth-order valence-electron chi connectivity index (χ4n) is 2.24. The van der Waals surface area contributed by atoms with Crippen LogP contribution in [0, 0.1) is 0 Å². The molecule has 0 aliphatic rings. The molecule has 0 saturated heterocycles. The predicted molar refractivity (Wildman–Crippen MR) is 88.1 cm³/mol. The van der Waals surface area contributed by atoms with Crippen LogP contribution >= 0.6 is 11.3 Å². The van der Waals surface area contributed by atoms with E-state index in [1.54, 1.807) is 12.3 Å². The van der Waals surface area contributed by atoms with Crippen molar-refractivity contribution in [3.05, 3.63) is 52.2 Å². The molecule has 3 aromatic heterocycles. The summed E-state index contributed by atoms with van der Waals surface area (Å²) in [6, 6.07) is 7.28. The summed E-state index contributed by atoms with van der Waals surface area (Å²) in [5.74, 6) is 0.605. The minimum atomic E-state index is -0.434. The van der Waals surface area contributed by atoms with Gasteiger partial charge < -0.3 is 9.73 Å². The van der Waals surface area contributed by atoms with Gasteiger partial charge in [-0.15, -0.1) is 11.3 Å². The molecular weight excluding hydrogens is 330 g/mol. The van der Waals surface area contributed by atoms with Gasteiger partial charge in [0.25, 0.3) is 0 Å². The lowest BCUT2D eigenvalue weighted by Crippen LogP contribution is -2.38. The molecule has 1 atom stereocenters. The SMILES string of the molecule is CC(CCc1ccco1)NC(=O)Cn1nnn(-c2cccs2)c1=O. The van der Waals surface area contributed by atoms with E-state index in [4.69, 9.17) is 4.42 Å². The molecule has 0 aromatic carbocycles. The van der Waals surface area contributed by atoms with Gasteiger partial charge in [0.15, 0.2) is 0 Å². The highest BCUT2D eigenvalue weighted by Gasteiger charge is 2.14. The molecule has 1 amide bonds. The van der Waals surface area contributed by atoms with Gasteiger partial charge in [0.1, 0.15) is 17.3 Å². The zero-order chi connectivity index (χ0) is 16.9. The standard InChI is InChI=1S/C15H17N5O3S/c1-11(6-7-12-4-2-8-23-12)16-13(21)10-19-15(22)20(18-17-19)14-5-3-9-24-14/h2-5,8-9,11H,6-7,10H2,1H3,(H,16,21). The van der Waals surface area contributed by atoms with E-state index in [1.807, 2.05) is 30.5 Å². The van der Waals surface area contributed by atoms with Gasteiger partial charge in [-0.2, -0.15) is 9.36 Å². The van der Waals surface area contributed by atoms with E-state index in [0.29, 0.717) is 5.00 Å². The predicted octanol–water partition coefficient (Wildman–Crippen LogP) is 1.22. The molecule has 3 heterocycles. The zero-order valence-corrected chi connectivity index (χ0v) is 13.9. The molecule has 3 rings (SSSR count). The lowest BCUT2D eigenvalue weighted by molar-refractivity contribution is -0.122. The molecule has 0 aliphatic heterocycles. The molecule has 0 aliphatic carbocycles. The Kier molecular flexibility index (Phi) is 4.90. The Morgan fingerprint density at radius 3 is 2.96 bits per heavy atom. The number of furan rings is 1. The molecule has 9 heteroatoms. The van der Waals surface area contributed by atoms with Crippen molar-refractivity contribution < 1.29 is 9.21 Å². The van der Waals surface area contributed by atoms with Crippen molar-refractivity contribution in [2.75, 3.05) is 0 Å². The smallest absolute Gasteiger partial charge is 0.369 e. The van der Waals surface area contributed by atoms with Crippen molar-refractivity contribution in [3.8, 4) is 5.00 Å². The molecule has 3 aromatic rings. The maximum absolute atomic E-state index is 12.2. The number of carbonyl (C=O) groups excluding carboxylic acids is 1. The van der Waals surface area contributed by atoms with Crippen LogP contribution in [0.2, 0.25) is 0 Å². The van der Waals surface area contributed by atoms with E-state index in [-0.39, 0.29) is 18.5 Å². The molecule has 1 unspecified atom stereocenters. The molecule has 1 N–H and O–H groups in total. The van der Waals surface area contributed by atoms with Crippen molar-refractivity contribution in [2.24, 2.45) is 0 Å². The first-order valence-corrected chi connectivity index (χ1v) is 8.40. The van der Waals surface area contributed by atoms with Gasteiger partial charge in [-0.25, -0.2) is 4.79 Å². The number of carbonyl (C=O) groups is 1. The van der Waals surface area contributed by atoms with Gasteiger partial charge in [-0.1, -0.05) is 0 Å². The van der Waals surface area contributed by atoms with Crippen LogP contribution < -0.4 is 11.0 Å². The number of amides is 1. The van der Waals surface area contributed by atoms with Crippen LogP contribution in [0.15, 0.2) is 45.1 Å². The van der Waals surface area contributed by atoms with Crippen molar-refractivity contribution >= 4 is 17.2 Å². The summed E-state index contributed by atoms with van der Waals surface area (Å²) in [5.41, 5.74) is -0.434. The first-order chi connectivity index (χ1) is 11.6. The Balaban J connectivity index is 1.54. The highest BCUT2D eigenvalue weighted by atomic mass is 32.1. The van der Waals surface area contributed by atoms with Crippen LogP contribution in [0.3, 0.4) is 0 Å². The quantitative estimate of drug-likeness (QED) is 0.693. The lowest BCUT2D eigenvalue weighted by atomic mass is 10.1. The third-order valence-electron chi connectivity index (χ3n) is 3.46. The number of aromatic nitrogens is 4. The number of tetrazole rings is 1. The van der Waals surface area contributed by atoms with E-state index in [2.05, 4.69) is 15.7 Å². The maximum Gasteiger partial charge on any atom is 0.369 e. The van der Waals surface area contributed by atoms with Crippen LogP contribution in [0.25, 0.3) is 5.00 Å². The van der Waals surface area contributed by atoms with E-state index >= 15 is 0 Å². The van der Waals surface area contributed by atoms with Crippen molar-refractivity contribution in [3.63, 3.8) is 0 Å². The summed E-state index contributed by atoms with van der Waals surface area (Å²) in [4.78, 5) is 24.2. The lowest BCUT2D eigenvalue weighted by Gasteiger charge is -2.12. The topological polar surface area (TPSA) is 94.9 Å². The number of nitrogens with one attached hydrogen (secondary N) is 1. The van der Waals surface area contributed by atoms with Gasteiger partial charge >= 0.3 is 5.69 Å². The highest BCUT2D eigenvalue weighted by Crippen LogP contribution is 2.10. The molecule has 8 nitrogen and oxygen atoms in total. The molecule has 0 bridgehead atoms. The Morgan fingerprint density at radius 1 is 1.38 bits per heavy atom. The Bertz CT molecular complexity index is 835. The summed E-state index contributed by atoms with van der Waals surface area (Å²) in [6.07, 6.45) is 3.11. The first kappa shape index (κ1) is 16.2. The Morgan fingerprint density at radius 2 is 2.25 bits per heavy atom. The Hall–Kier alpha value is -2.68. The maximum atomic E-state index is 12.2. The van der Waals surface area contributed by atoms with Crippen molar-refractivity contribution in [1.82, 2.24) is 25.1 Å². The molecule has 0 saturated carbocycles. The van der Waals surface area contributed by atoms with E-state index in [9.17, 15) is 9.59 Å². The van der Waals surface area contributed by atoms with Gasteiger partial charge in [0.2, 0.25) is 5.91 Å². The van der Waals surface area contributed by atoms with Crippen LogP contribution in [-0.2, 0) is 17.8 Å². The fraction of sp³-hybridized carbons (Fsp3) is 0.333. The second-order valence-corrected chi connectivity index (χ2v) is 6.29. The summed E-state index contributed by atoms with van der Waals surface area (Å²) < 4.78 is 7.49. The van der Waals surface area contributed by atoms with Gasteiger partial charge in [0, 0.05) is 12.5 Å². The number of aryl methyl sites for hydroxylation is 1. The number of thiophene rings is 1. The van der Waals surface area contributed by atoms with Crippen LogP contribution in [-0.4, -0.2) is 31.7 Å². The minimum absolute atomic E-state index is 0.0364. The summed E-state index contributed by atoms with van der Waals surface area (Å²) >= 11 is 1.38. The molecular formula is C15H17N5O3S. The number of nitrogens with zero attached hydrogens (tertiary/aromatic N) is 4. The average molecular weight is 347 g/mol. The zero-order valence-electron chi connectivity index (χ0n) is 13.1. The van der Waals surface area contributed by atoms with E-state index in [0.717, 1.165) is 23.3 Å². The Labute approximate surface area is 141 Å². The third kappa shape index (κ3) is 3.80. The van der Waals surface area contributed by atoms with Crippen LogP contribution in [0.4, 0.5) is 0 Å². The van der Waals surface area contributed by atoms with Crippen molar-refractivity contribution in [2.45, 2.75) is 32.4 Å². The molecule has 24 heavy (non-hydrogen) atoms. The highest BCUT2D eigenvalue weighted by molar-refractivity contribution is 7.12. The third-order valence-corrected chi connectivity index (χ3v) is 4.30. The average Bonchev–Trinajstić information content (AvgIpc) is 3.28. The summed E-state index contributed by atoms with van der Waals surface area (Å²) in [6.45, 7) is 1.75. The van der Waals surface area contributed by atoms with Gasteiger partial charge in [0.05, 0.1) is 6.26 Å². The number of hydrogen-bond donors (Lipinski definition) is 1. The second-order valence-electron chi connectivity index (χ2n) is 5.37. The minimum Gasteiger partial charge on any atom is -0.469 e. The molecule has 0 spiro atoms. The molecule has 126 valence electrons. The monoisotopic (exact) mass is 347 g/mol. The van der Waals surface area contributed by atoms with E-state index in [1.165, 1.54) is 16.0 Å². The summed E-state index contributed by atoms with van der Waals surface area (Å²) in [5, 5.41) is 12.9. The summed E-state index contributed by atoms with van der Waals surface area (Å²) in [7, 11) is 0. The normalized spacial score (nSPS) is 12.2. The number of hydrogen-bond acceptors (Lipinski definition) is 6.